The second kappa shape index (κ2) is 5.44. The first kappa shape index (κ1) is 14.9. The standard InChI is InChI=1S/C12H10F3N3O3/c13-12(14,15)8-1-2-10(19)18(4-8)5-9-3-7(6-21-9)11(20)17-16/h1-4,6H,5,16H2,(H,17,20). The molecule has 112 valence electrons. The van der Waals surface area contributed by atoms with Crippen molar-refractivity contribution in [3.8, 4) is 0 Å². The molecule has 2 heterocycles. The number of rotatable bonds is 3. The minimum absolute atomic E-state index is 0.104. The van der Waals surface area contributed by atoms with E-state index in [-0.39, 0.29) is 17.9 Å². The Kier molecular flexibility index (Phi) is 3.85. The summed E-state index contributed by atoms with van der Waals surface area (Å²) in [7, 11) is 0. The number of carbonyl (C=O) groups is 1. The molecular weight excluding hydrogens is 291 g/mol. The predicted octanol–water partition coefficient (Wildman–Crippen LogP) is 1.11. The zero-order chi connectivity index (χ0) is 15.6. The van der Waals surface area contributed by atoms with Gasteiger partial charge in [-0.15, -0.1) is 0 Å². The van der Waals surface area contributed by atoms with E-state index in [0.717, 1.165) is 16.9 Å². The molecule has 0 unspecified atom stereocenters. The Morgan fingerprint density at radius 3 is 2.71 bits per heavy atom. The van der Waals surface area contributed by atoms with Gasteiger partial charge in [-0.05, 0) is 12.1 Å². The van der Waals surface area contributed by atoms with Crippen molar-refractivity contribution < 1.29 is 22.4 Å². The number of carbonyl (C=O) groups excluding carboxylic acids is 1. The monoisotopic (exact) mass is 301 g/mol. The maximum Gasteiger partial charge on any atom is 0.417 e. The molecule has 2 aromatic heterocycles. The van der Waals surface area contributed by atoms with Crippen molar-refractivity contribution in [2.24, 2.45) is 5.84 Å². The fourth-order valence-electron chi connectivity index (χ4n) is 1.66. The number of hydrazine groups is 1. The average molecular weight is 301 g/mol. The molecule has 0 bridgehead atoms. The van der Waals surface area contributed by atoms with Gasteiger partial charge in [-0.1, -0.05) is 0 Å². The summed E-state index contributed by atoms with van der Waals surface area (Å²) >= 11 is 0. The molecule has 0 aliphatic heterocycles. The molecule has 0 saturated carbocycles. The van der Waals surface area contributed by atoms with E-state index in [2.05, 4.69) is 0 Å². The van der Waals surface area contributed by atoms with E-state index in [9.17, 15) is 22.8 Å². The van der Waals surface area contributed by atoms with Crippen molar-refractivity contribution >= 4 is 5.91 Å². The van der Waals surface area contributed by atoms with Crippen molar-refractivity contribution in [2.45, 2.75) is 12.7 Å². The maximum atomic E-state index is 12.6. The van der Waals surface area contributed by atoms with Crippen LogP contribution in [-0.2, 0) is 12.7 Å². The Balaban J connectivity index is 2.29. The quantitative estimate of drug-likeness (QED) is 0.505. The van der Waals surface area contributed by atoms with E-state index in [0.29, 0.717) is 12.3 Å². The van der Waals surface area contributed by atoms with Gasteiger partial charge in [-0.25, -0.2) is 5.84 Å². The summed E-state index contributed by atoms with van der Waals surface area (Å²) in [6.45, 7) is -0.236. The van der Waals surface area contributed by atoms with Crippen LogP contribution in [0.15, 0.2) is 39.9 Å². The highest BCUT2D eigenvalue weighted by molar-refractivity contribution is 5.93. The summed E-state index contributed by atoms with van der Waals surface area (Å²) in [6, 6.07) is 2.81. The van der Waals surface area contributed by atoms with E-state index >= 15 is 0 Å². The van der Waals surface area contributed by atoms with Crippen LogP contribution in [0, 0.1) is 0 Å². The number of halogens is 3. The third kappa shape index (κ3) is 3.31. The topological polar surface area (TPSA) is 90.3 Å². The van der Waals surface area contributed by atoms with Crippen LogP contribution < -0.4 is 16.8 Å². The average Bonchev–Trinajstić information content (AvgIpc) is 2.87. The fraction of sp³-hybridized carbons (Fsp3) is 0.167. The van der Waals surface area contributed by atoms with Crippen LogP contribution in [-0.4, -0.2) is 10.5 Å². The number of nitrogens with zero attached hydrogens (tertiary/aromatic N) is 1. The largest absolute Gasteiger partial charge is 0.467 e. The highest BCUT2D eigenvalue weighted by atomic mass is 19.4. The lowest BCUT2D eigenvalue weighted by atomic mass is 10.2. The van der Waals surface area contributed by atoms with Gasteiger partial charge in [-0.3, -0.25) is 15.0 Å². The summed E-state index contributed by atoms with van der Waals surface area (Å²) < 4.78 is 43.6. The van der Waals surface area contributed by atoms with Gasteiger partial charge in [-0.2, -0.15) is 13.2 Å². The van der Waals surface area contributed by atoms with Crippen molar-refractivity contribution in [1.29, 1.82) is 0 Å². The number of pyridine rings is 1. The Labute approximate surface area is 115 Å². The Morgan fingerprint density at radius 2 is 2.10 bits per heavy atom. The number of hydrogen-bond acceptors (Lipinski definition) is 4. The maximum absolute atomic E-state index is 12.6. The minimum atomic E-state index is -4.55. The smallest absolute Gasteiger partial charge is 0.417 e. The molecular formula is C12H10F3N3O3. The minimum Gasteiger partial charge on any atom is -0.467 e. The van der Waals surface area contributed by atoms with E-state index in [1.54, 1.807) is 0 Å². The normalized spacial score (nSPS) is 11.4. The van der Waals surface area contributed by atoms with Crippen molar-refractivity contribution in [3.05, 3.63) is 57.9 Å². The number of nitrogens with two attached hydrogens (primary N) is 1. The van der Waals surface area contributed by atoms with Crippen LogP contribution in [0.5, 0.6) is 0 Å². The number of amides is 1. The summed E-state index contributed by atoms with van der Waals surface area (Å²) in [4.78, 5) is 22.8. The first-order valence-corrected chi connectivity index (χ1v) is 5.67. The number of alkyl halides is 3. The summed E-state index contributed by atoms with van der Waals surface area (Å²) in [5.74, 6) is 4.47. The molecule has 0 atom stereocenters. The van der Waals surface area contributed by atoms with Crippen molar-refractivity contribution in [1.82, 2.24) is 9.99 Å². The molecule has 2 rings (SSSR count). The second-order valence-electron chi connectivity index (χ2n) is 4.16. The molecule has 6 nitrogen and oxygen atoms in total. The summed E-state index contributed by atoms with van der Waals surface area (Å²) in [5, 5.41) is 0. The highest BCUT2D eigenvalue weighted by Gasteiger charge is 2.31. The fourth-order valence-corrected chi connectivity index (χ4v) is 1.66. The predicted molar refractivity (Wildman–Crippen MR) is 65.2 cm³/mol. The second-order valence-corrected chi connectivity index (χ2v) is 4.16. The zero-order valence-corrected chi connectivity index (χ0v) is 10.5. The third-order valence-corrected chi connectivity index (χ3v) is 2.68. The molecule has 0 radical (unpaired) electrons. The van der Waals surface area contributed by atoms with Gasteiger partial charge in [0.2, 0.25) is 0 Å². The van der Waals surface area contributed by atoms with Crippen LogP contribution >= 0.6 is 0 Å². The van der Waals surface area contributed by atoms with Gasteiger partial charge in [0.05, 0.1) is 17.7 Å². The van der Waals surface area contributed by atoms with Gasteiger partial charge in [0.15, 0.2) is 0 Å². The van der Waals surface area contributed by atoms with Gasteiger partial charge < -0.3 is 8.98 Å². The Hall–Kier alpha value is -2.55. The molecule has 9 heteroatoms. The van der Waals surface area contributed by atoms with Crippen molar-refractivity contribution in [3.63, 3.8) is 0 Å². The number of nitrogen functional groups attached to an aromatic ring is 1. The molecule has 0 fully saturated rings. The molecule has 0 aliphatic carbocycles. The number of hydrogen-bond donors (Lipinski definition) is 2. The molecule has 0 aliphatic rings. The van der Waals surface area contributed by atoms with E-state index < -0.39 is 23.2 Å². The Bertz CT molecular complexity index is 718. The Morgan fingerprint density at radius 1 is 1.38 bits per heavy atom. The third-order valence-electron chi connectivity index (χ3n) is 2.68. The van der Waals surface area contributed by atoms with E-state index in [1.807, 2.05) is 5.43 Å². The molecule has 0 aromatic carbocycles. The van der Waals surface area contributed by atoms with Crippen LogP contribution in [0.1, 0.15) is 21.7 Å². The van der Waals surface area contributed by atoms with Crippen LogP contribution in [0.3, 0.4) is 0 Å². The molecule has 2 aromatic rings. The first-order chi connectivity index (χ1) is 9.81. The van der Waals surface area contributed by atoms with E-state index in [4.69, 9.17) is 10.3 Å². The zero-order valence-electron chi connectivity index (χ0n) is 10.5. The highest BCUT2D eigenvalue weighted by Crippen LogP contribution is 2.28. The van der Waals surface area contributed by atoms with Crippen LogP contribution in [0.2, 0.25) is 0 Å². The molecule has 0 spiro atoms. The number of furan rings is 1. The lowest BCUT2D eigenvalue weighted by Gasteiger charge is -2.09. The lowest BCUT2D eigenvalue weighted by molar-refractivity contribution is -0.138. The summed E-state index contributed by atoms with van der Waals surface area (Å²) in [5.41, 5.74) is 0.415. The van der Waals surface area contributed by atoms with Gasteiger partial charge >= 0.3 is 6.18 Å². The van der Waals surface area contributed by atoms with Gasteiger partial charge in [0.25, 0.3) is 11.5 Å². The first-order valence-electron chi connectivity index (χ1n) is 5.67. The lowest BCUT2D eigenvalue weighted by Crippen LogP contribution is -2.29. The van der Waals surface area contributed by atoms with E-state index in [1.165, 1.54) is 6.07 Å². The molecule has 21 heavy (non-hydrogen) atoms. The molecule has 1 amide bonds. The number of nitrogens with one attached hydrogen (secondary N) is 1. The number of aromatic nitrogens is 1. The van der Waals surface area contributed by atoms with Gasteiger partial charge in [0, 0.05) is 12.3 Å². The SMILES string of the molecule is NNC(=O)c1coc(Cn2cc(C(F)(F)F)ccc2=O)c1. The molecule has 3 N–H and O–H groups in total. The molecule has 0 saturated heterocycles. The van der Waals surface area contributed by atoms with Crippen molar-refractivity contribution in [2.75, 3.05) is 0 Å². The van der Waals surface area contributed by atoms with Gasteiger partial charge in [0.1, 0.15) is 12.0 Å². The van der Waals surface area contributed by atoms with Crippen LogP contribution in [0.25, 0.3) is 0 Å². The summed E-state index contributed by atoms with van der Waals surface area (Å²) in [6.07, 6.45) is -2.77. The van der Waals surface area contributed by atoms with Crippen LogP contribution in [0.4, 0.5) is 13.2 Å².